The number of carbonyl (C=O) groups excluding carboxylic acids is 1. The summed E-state index contributed by atoms with van der Waals surface area (Å²) < 4.78 is 32.5. The van der Waals surface area contributed by atoms with Crippen LogP contribution in [0.25, 0.3) is 0 Å². The summed E-state index contributed by atoms with van der Waals surface area (Å²) in [5, 5.41) is 4.68. The minimum absolute atomic E-state index is 0.0479. The molecule has 1 amide bonds. The second-order valence-electron chi connectivity index (χ2n) is 6.80. The van der Waals surface area contributed by atoms with Gasteiger partial charge in [-0.25, -0.2) is 8.42 Å². The molecule has 1 N–H and O–H groups in total. The van der Waals surface area contributed by atoms with Gasteiger partial charge >= 0.3 is 0 Å². The van der Waals surface area contributed by atoms with E-state index in [4.69, 9.17) is 4.74 Å². The third kappa shape index (κ3) is 5.26. The van der Waals surface area contributed by atoms with Gasteiger partial charge in [0.25, 0.3) is 10.0 Å². The minimum Gasteiger partial charge on any atom is -0.381 e. The van der Waals surface area contributed by atoms with Gasteiger partial charge in [-0.15, -0.1) is 11.3 Å². The molecular formula is C17H26N2O4S2. The van der Waals surface area contributed by atoms with E-state index in [9.17, 15) is 13.2 Å². The van der Waals surface area contributed by atoms with Crippen molar-refractivity contribution in [3.8, 4) is 0 Å². The molecule has 1 aromatic heterocycles. The average molecular weight is 387 g/mol. The van der Waals surface area contributed by atoms with E-state index in [-0.39, 0.29) is 18.4 Å². The summed E-state index contributed by atoms with van der Waals surface area (Å²) in [4.78, 5) is 12.3. The van der Waals surface area contributed by atoms with Gasteiger partial charge in [-0.05, 0) is 49.5 Å². The van der Waals surface area contributed by atoms with Gasteiger partial charge in [0, 0.05) is 32.8 Å². The van der Waals surface area contributed by atoms with Gasteiger partial charge in [0.1, 0.15) is 4.21 Å². The molecule has 0 aromatic carbocycles. The molecule has 1 saturated heterocycles. The molecule has 1 saturated carbocycles. The van der Waals surface area contributed by atoms with Gasteiger partial charge in [-0.1, -0.05) is 6.07 Å². The fourth-order valence-electron chi connectivity index (χ4n) is 2.98. The number of nitrogens with zero attached hydrogens (tertiary/aromatic N) is 1. The molecule has 2 heterocycles. The Morgan fingerprint density at radius 1 is 1.36 bits per heavy atom. The lowest BCUT2D eigenvalue weighted by Crippen LogP contribution is -2.45. The second-order valence-corrected chi connectivity index (χ2v) is 9.91. The first-order valence-electron chi connectivity index (χ1n) is 8.96. The number of hydrogen-bond acceptors (Lipinski definition) is 5. The van der Waals surface area contributed by atoms with Crippen LogP contribution < -0.4 is 5.32 Å². The average Bonchev–Trinajstić information content (AvgIpc) is 3.26. The molecule has 25 heavy (non-hydrogen) atoms. The topological polar surface area (TPSA) is 75.7 Å². The highest BCUT2D eigenvalue weighted by Crippen LogP contribution is 2.28. The lowest BCUT2D eigenvalue weighted by atomic mass is 9.99. The van der Waals surface area contributed by atoms with Gasteiger partial charge in [0.15, 0.2) is 0 Å². The van der Waals surface area contributed by atoms with Crippen LogP contribution in [0.4, 0.5) is 0 Å². The van der Waals surface area contributed by atoms with Crippen molar-refractivity contribution < 1.29 is 17.9 Å². The number of carbonyl (C=O) groups is 1. The van der Waals surface area contributed by atoms with E-state index in [0.717, 1.165) is 25.4 Å². The minimum atomic E-state index is -3.47. The molecule has 1 atom stereocenters. The normalized spacial score (nSPS) is 22.0. The Morgan fingerprint density at radius 2 is 2.20 bits per heavy atom. The number of amides is 1. The maximum atomic E-state index is 12.6. The molecule has 0 spiro atoms. The molecule has 6 nitrogen and oxygen atoms in total. The molecular weight excluding hydrogens is 360 g/mol. The van der Waals surface area contributed by atoms with E-state index < -0.39 is 10.0 Å². The van der Waals surface area contributed by atoms with Crippen molar-refractivity contribution in [1.82, 2.24) is 9.62 Å². The standard InChI is InChI=1S/C17H26N2O4S2/c20-17(18-8-3-10-23-13-14-6-7-14)15-4-1-9-19(12-15)25(21,22)16-5-2-11-24-16/h2,5,11,14-15H,1,3-4,6-10,12-13H2,(H,18,20). The number of piperidine rings is 1. The Bertz CT molecular complexity index is 656. The number of ether oxygens (including phenoxy) is 1. The van der Waals surface area contributed by atoms with Crippen LogP contribution in [0.1, 0.15) is 32.1 Å². The summed E-state index contributed by atoms with van der Waals surface area (Å²) in [7, 11) is -3.47. The first kappa shape index (κ1) is 18.8. The summed E-state index contributed by atoms with van der Waals surface area (Å²) in [6, 6.07) is 3.35. The van der Waals surface area contributed by atoms with Crippen molar-refractivity contribution in [2.45, 2.75) is 36.3 Å². The SMILES string of the molecule is O=C(NCCCOCC1CC1)C1CCCN(S(=O)(=O)c2cccs2)C1. The van der Waals surface area contributed by atoms with Crippen molar-refractivity contribution in [2.24, 2.45) is 11.8 Å². The van der Waals surface area contributed by atoms with Crippen LogP contribution in [0.2, 0.25) is 0 Å². The Morgan fingerprint density at radius 3 is 2.92 bits per heavy atom. The fourth-order valence-corrected chi connectivity index (χ4v) is 5.65. The van der Waals surface area contributed by atoms with Crippen LogP contribution in [0.15, 0.2) is 21.7 Å². The predicted octanol–water partition coefficient (Wildman–Crippen LogP) is 2.08. The molecule has 2 aliphatic rings. The first-order chi connectivity index (χ1) is 12.1. The van der Waals surface area contributed by atoms with E-state index in [0.29, 0.717) is 30.3 Å². The Labute approximate surface area is 153 Å². The number of rotatable bonds is 9. The zero-order chi connectivity index (χ0) is 17.7. The number of hydrogen-bond donors (Lipinski definition) is 1. The maximum Gasteiger partial charge on any atom is 0.252 e. The monoisotopic (exact) mass is 386 g/mol. The molecule has 8 heteroatoms. The molecule has 1 aliphatic carbocycles. The lowest BCUT2D eigenvalue weighted by Gasteiger charge is -2.30. The Kier molecular flexibility index (Phi) is 6.49. The van der Waals surface area contributed by atoms with Crippen LogP contribution >= 0.6 is 11.3 Å². The van der Waals surface area contributed by atoms with Crippen LogP contribution in [0.5, 0.6) is 0 Å². The highest BCUT2D eigenvalue weighted by atomic mass is 32.2. The van der Waals surface area contributed by atoms with Crippen LogP contribution in [0, 0.1) is 11.8 Å². The van der Waals surface area contributed by atoms with Crippen LogP contribution in [-0.2, 0) is 19.6 Å². The zero-order valence-corrected chi connectivity index (χ0v) is 16.0. The Balaban J connectivity index is 1.41. The summed E-state index contributed by atoms with van der Waals surface area (Å²) in [5.41, 5.74) is 0. The lowest BCUT2D eigenvalue weighted by molar-refractivity contribution is -0.126. The van der Waals surface area contributed by atoms with Gasteiger partial charge in [-0.2, -0.15) is 4.31 Å². The van der Waals surface area contributed by atoms with E-state index in [2.05, 4.69) is 5.32 Å². The van der Waals surface area contributed by atoms with Crippen LogP contribution in [-0.4, -0.2) is 51.5 Å². The van der Waals surface area contributed by atoms with Gasteiger partial charge in [0.2, 0.25) is 5.91 Å². The van der Waals surface area contributed by atoms with Crippen molar-refractivity contribution in [3.63, 3.8) is 0 Å². The Hall–Kier alpha value is -0.960. The van der Waals surface area contributed by atoms with Crippen molar-refractivity contribution in [2.75, 3.05) is 32.8 Å². The highest BCUT2D eigenvalue weighted by Gasteiger charge is 2.33. The first-order valence-corrected chi connectivity index (χ1v) is 11.3. The van der Waals surface area contributed by atoms with E-state index in [1.807, 2.05) is 0 Å². The van der Waals surface area contributed by atoms with Crippen LogP contribution in [0.3, 0.4) is 0 Å². The molecule has 140 valence electrons. The molecule has 0 bridgehead atoms. The van der Waals surface area contributed by atoms with Crippen molar-refractivity contribution in [3.05, 3.63) is 17.5 Å². The summed E-state index contributed by atoms with van der Waals surface area (Å²) in [6.07, 6.45) is 4.81. The molecule has 0 radical (unpaired) electrons. The predicted molar refractivity (Wildman–Crippen MR) is 97.0 cm³/mol. The fraction of sp³-hybridized carbons (Fsp3) is 0.706. The second kappa shape index (κ2) is 8.62. The molecule has 1 unspecified atom stereocenters. The quantitative estimate of drug-likeness (QED) is 0.660. The highest BCUT2D eigenvalue weighted by molar-refractivity contribution is 7.91. The molecule has 2 fully saturated rings. The molecule has 1 aromatic rings. The molecule has 1 aliphatic heterocycles. The maximum absolute atomic E-state index is 12.6. The van der Waals surface area contributed by atoms with E-state index in [1.54, 1.807) is 17.5 Å². The number of sulfonamides is 1. The van der Waals surface area contributed by atoms with Crippen molar-refractivity contribution >= 4 is 27.3 Å². The van der Waals surface area contributed by atoms with E-state index >= 15 is 0 Å². The van der Waals surface area contributed by atoms with Gasteiger partial charge < -0.3 is 10.1 Å². The van der Waals surface area contributed by atoms with E-state index in [1.165, 1.54) is 28.5 Å². The third-order valence-electron chi connectivity index (χ3n) is 4.66. The number of thiophene rings is 1. The summed E-state index contributed by atoms with van der Waals surface area (Å²) in [6.45, 7) is 2.84. The largest absolute Gasteiger partial charge is 0.381 e. The van der Waals surface area contributed by atoms with Gasteiger partial charge in [-0.3, -0.25) is 4.79 Å². The summed E-state index contributed by atoms with van der Waals surface area (Å²) >= 11 is 1.22. The van der Waals surface area contributed by atoms with Crippen molar-refractivity contribution in [1.29, 1.82) is 0 Å². The zero-order valence-electron chi connectivity index (χ0n) is 14.4. The smallest absolute Gasteiger partial charge is 0.252 e. The van der Waals surface area contributed by atoms with Gasteiger partial charge in [0.05, 0.1) is 5.92 Å². The molecule has 3 rings (SSSR count). The third-order valence-corrected chi connectivity index (χ3v) is 7.90. The summed E-state index contributed by atoms with van der Waals surface area (Å²) in [5.74, 6) is 0.442. The number of nitrogens with one attached hydrogen (secondary N) is 1.